The molecule has 1 amide bonds. The minimum Gasteiger partial charge on any atom is -0.465 e. The molecule has 1 aromatic rings. The summed E-state index contributed by atoms with van der Waals surface area (Å²) < 4.78 is 23.1. The fourth-order valence-electron chi connectivity index (χ4n) is 2.88. The number of cyclic esters (lactones) is 1. The van der Waals surface area contributed by atoms with Gasteiger partial charge in [-0.15, -0.1) is 0 Å². The van der Waals surface area contributed by atoms with Gasteiger partial charge in [0.05, 0.1) is 19.8 Å². The van der Waals surface area contributed by atoms with Crippen LogP contribution in [-0.2, 0) is 30.3 Å². The van der Waals surface area contributed by atoms with Crippen molar-refractivity contribution in [2.75, 3.05) is 19.8 Å². The van der Waals surface area contributed by atoms with Crippen molar-refractivity contribution >= 4 is 12.1 Å². The standard InChI is InChI=1S/C20H29NO7/c1-3-4-10-26-18-14(2)28-19(22)16(21-20(23)24)12-25-13-17(18)27-11-15-8-6-5-7-9-15/h5-9,14,16-18,21H,3-4,10-13H2,1-2H3,(H,23,24)/t14-,16-,17-,18-/m0/s1. The van der Waals surface area contributed by atoms with Crippen molar-refractivity contribution in [3.8, 4) is 0 Å². The zero-order valence-electron chi connectivity index (χ0n) is 16.3. The quantitative estimate of drug-likeness (QED) is 0.514. The summed E-state index contributed by atoms with van der Waals surface area (Å²) in [6, 6.07) is 8.61. The molecule has 156 valence electrons. The zero-order valence-corrected chi connectivity index (χ0v) is 16.3. The van der Waals surface area contributed by atoms with E-state index in [1.807, 2.05) is 30.3 Å². The van der Waals surface area contributed by atoms with Crippen LogP contribution in [0.15, 0.2) is 30.3 Å². The molecule has 0 aromatic heterocycles. The summed E-state index contributed by atoms with van der Waals surface area (Å²) in [6.45, 7) is 4.67. The minimum absolute atomic E-state index is 0.134. The average molecular weight is 395 g/mol. The zero-order chi connectivity index (χ0) is 20.4. The van der Waals surface area contributed by atoms with Crippen LogP contribution in [0, 0.1) is 0 Å². The molecule has 1 aliphatic heterocycles. The summed E-state index contributed by atoms with van der Waals surface area (Å²) in [6.07, 6.45) is -1.09. The van der Waals surface area contributed by atoms with Crippen molar-refractivity contribution in [2.24, 2.45) is 0 Å². The highest BCUT2D eigenvalue weighted by molar-refractivity contribution is 5.81. The lowest BCUT2D eigenvalue weighted by Gasteiger charge is -2.30. The third-order valence-electron chi connectivity index (χ3n) is 4.40. The molecule has 1 saturated heterocycles. The molecule has 4 atom stereocenters. The second kappa shape index (κ2) is 11.6. The molecular formula is C20H29NO7. The maximum absolute atomic E-state index is 12.3. The maximum Gasteiger partial charge on any atom is 0.405 e. The van der Waals surface area contributed by atoms with Crippen LogP contribution in [-0.4, -0.2) is 61.3 Å². The van der Waals surface area contributed by atoms with E-state index in [-0.39, 0.29) is 13.2 Å². The van der Waals surface area contributed by atoms with E-state index in [1.54, 1.807) is 6.92 Å². The molecule has 1 fully saturated rings. The van der Waals surface area contributed by atoms with Crippen LogP contribution in [0.2, 0.25) is 0 Å². The summed E-state index contributed by atoms with van der Waals surface area (Å²) in [5.74, 6) is -0.692. The first-order chi connectivity index (χ1) is 13.5. The number of benzene rings is 1. The van der Waals surface area contributed by atoms with E-state index >= 15 is 0 Å². The lowest BCUT2D eigenvalue weighted by Crippen LogP contribution is -2.46. The lowest BCUT2D eigenvalue weighted by atomic mass is 10.1. The van der Waals surface area contributed by atoms with Crippen molar-refractivity contribution < 1.29 is 33.6 Å². The molecule has 2 N–H and O–H groups in total. The van der Waals surface area contributed by atoms with E-state index in [1.165, 1.54) is 0 Å². The third kappa shape index (κ3) is 7.10. The van der Waals surface area contributed by atoms with Gasteiger partial charge in [0.15, 0.2) is 6.04 Å². The van der Waals surface area contributed by atoms with Crippen LogP contribution in [0.25, 0.3) is 0 Å². The third-order valence-corrected chi connectivity index (χ3v) is 4.40. The average Bonchev–Trinajstić information content (AvgIpc) is 2.72. The number of carbonyl (C=O) groups excluding carboxylic acids is 1. The Bertz CT molecular complexity index is 610. The van der Waals surface area contributed by atoms with Gasteiger partial charge < -0.3 is 29.4 Å². The highest BCUT2D eigenvalue weighted by Gasteiger charge is 2.36. The Balaban J connectivity index is 2.10. The first-order valence-corrected chi connectivity index (χ1v) is 9.56. The van der Waals surface area contributed by atoms with Crippen molar-refractivity contribution in [2.45, 2.75) is 57.6 Å². The summed E-state index contributed by atoms with van der Waals surface area (Å²) in [5.41, 5.74) is 1.00. The molecule has 8 nitrogen and oxygen atoms in total. The van der Waals surface area contributed by atoms with E-state index in [0.29, 0.717) is 13.2 Å². The molecule has 0 aliphatic carbocycles. The topological polar surface area (TPSA) is 103 Å². The van der Waals surface area contributed by atoms with E-state index in [0.717, 1.165) is 18.4 Å². The van der Waals surface area contributed by atoms with Gasteiger partial charge in [0, 0.05) is 6.61 Å². The van der Waals surface area contributed by atoms with Gasteiger partial charge in [-0.1, -0.05) is 43.7 Å². The molecule has 2 rings (SSSR count). The van der Waals surface area contributed by atoms with Gasteiger partial charge >= 0.3 is 12.1 Å². The predicted octanol–water partition coefficient (Wildman–Crippen LogP) is 2.36. The molecule has 0 unspecified atom stereocenters. The Morgan fingerprint density at radius 3 is 2.68 bits per heavy atom. The molecule has 28 heavy (non-hydrogen) atoms. The van der Waals surface area contributed by atoms with Crippen LogP contribution >= 0.6 is 0 Å². The van der Waals surface area contributed by atoms with Crippen molar-refractivity contribution in [3.05, 3.63) is 35.9 Å². The minimum atomic E-state index is -1.31. The summed E-state index contributed by atoms with van der Waals surface area (Å²) >= 11 is 0. The molecular weight excluding hydrogens is 366 g/mol. The molecule has 8 heteroatoms. The van der Waals surface area contributed by atoms with Gasteiger partial charge in [0.2, 0.25) is 0 Å². The molecule has 1 aliphatic rings. The van der Waals surface area contributed by atoms with Gasteiger partial charge in [0.25, 0.3) is 0 Å². The number of amides is 1. The van der Waals surface area contributed by atoms with E-state index < -0.39 is 36.4 Å². The predicted molar refractivity (Wildman–Crippen MR) is 101 cm³/mol. The highest BCUT2D eigenvalue weighted by atomic mass is 16.6. The van der Waals surface area contributed by atoms with Crippen molar-refractivity contribution in [1.82, 2.24) is 5.32 Å². The largest absolute Gasteiger partial charge is 0.465 e. The van der Waals surface area contributed by atoms with E-state index in [9.17, 15) is 9.59 Å². The number of ether oxygens (including phenoxy) is 4. The van der Waals surface area contributed by atoms with Crippen LogP contribution < -0.4 is 5.32 Å². The number of hydrogen-bond donors (Lipinski definition) is 2. The second-order valence-corrected chi connectivity index (χ2v) is 6.71. The second-order valence-electron chi connectivity index (χ2n) is 6.71. The number of carbonyl (C=O) groups is 2. The fourth-order valence-corrected chi connectivity index (χ4v) is 2.88. The molecule has 1 heterocycles. The smallest absolute Gasteiger partial charge is 0.405 e. The van der Waals surface area contributed by atoms with Gasteiger partial charge in [-0.3, -0.25) is 0 Å². The highest BCUT2D eigenvalue weighted by Crippen LogP contribution is 2.18. The van der Waals surface area contributed by atoms with Gasteiger partial charge in [-0.05, 0) is 18.9 Å². The number of carboxylic acid groups (broad SMARTS) is 1. The van der Waals surface area contributed by atoms with Crippen LogP contribution in [0.4, 0.5) is 4.79 Å². The molecule has 1 aromatic carbocycles. The summed E-state index contributed by atoms with van der Waals surface area (Å²) in [5, 5.41) is 11.0. The Kier molecular flexibility index (Phi) is 9.19. The Labute approximate surface area is 165 Å². The number of rotatable bonds is 8. The Morgan fingerprint density at radius 2 is 2.00 bits per heavy atom. The maximum atomic E-state index is 12.3. The number of unbranched alkanes of at least 4 members (excludes halogenated alkanes) is 1. The first kappa shape index (κ1) is 22.1. The van der Waals surface area contributed by atoms with E-state index in [2.05, 4.69) is 12.2 Å². The van der Waals surface area contributed by atoms with Gasteiger partial charge in [-0.25, -0.2) is 9.59 Å². The molecule has 0 radical (unpaired) electrons. The summed E-state index contributed by atoms with van der Waals surface area (Å²) in [4.78, 5) is 23.2. The molecule has 0 spiro atoms. The fraction of sp³-hybridized carbons (Fsp3) is 0.600. The number of esters is 1. The molecule has 0 saturated carbocycles. The lowest BCUT2D eigenvalue weighted by molar-refractivity contribution is -0.169. The van der Waals surface area contributed by atoms with Gasteiger partial charge in [-0.2, -0.15) is 0 Å². The Morgan fingerprint density at radius 1 is 1.25 bits per heavy atom. The van der Waals surface area contributed by atoms with Crippen LogP contribution in [0.5, 0.6) is 0 Å². The Hall–Kier alpha value is -2.16. The van der Waals surface area contributed by atoms with Crippen molar-refractivity contribution in [3.63, 3.8) is 0 Å². The van der Waals surface area contributed by atoms with Crippen LogP contribution in [0.1, 0.15) is 32.3 Å². The number of nitrogens with one attached hydrogen (secondary N) is 1. The van der Waals surface area contributed by atoms with Crippen LogP contribution in [0.3, 0.4) is 0 Å². The molecule has 0 bridgehead atoms. The normalized spacial score (nSPS) is 25.9. The van der Waals surface area contributed by atoms with E-state index in [4.69, 9.17) is 24.1 Å². The number of hydrogen-bond acceptors (Lipinski definition) is 6. The SMILES string of the molecule is CCCCO[C@H]1[C@H](C)OC(=O)[C@@H](NC(=O)O)COC[C@@H]1OCc1ccccc1. The first-order valence-electron chi connectivity index (χ1n) is 9.56. The van der Waals surface area contributed by atoms with Crippen molar-refractivity contribution in [1.29, 1.82) is 0 Å². The monoisotopic (exact) mass is 395 g/mol. The summed E-state index contributed by atoms with van der Waals surface area (Å²) in [7, 11) is 0. The van der Waals surface area contributed by atoms with Gasteiger partial charge in [0.1, 0.15) is 18.3 Å².